The second-order valence-corrected chi connectivity index (χ2v) is 6.58. The van der Waals surface area contributed by atoms with Crippen LogP contribution >= 0.6 is 11.6 Å². The molecule has 0 saturated carbocycles. The molecule has 1 aromatic carbocycles. The number of hydrogen-bond acceptors (Lipinski definition) is 4. The van der Waals surface area contributed by atoms with Crippen LogP contribution in [0.5, 0.6) is 0 Å². The molecule has 7 heteroatoms. The van der Waals surface area contributed by atoms with Crippen molar-refractivity contribution in [3.05, 3.63) is 23.2 Å². The molecule has 3 N–H and O–H groups in total. The van der Waals surface area contributed by atoms with Crippen LogP contribution in [0.3, 0.4) is 0 Å². The minimum absolute atomic E-state index is 0.0135. The number of ether oxygens (including phenoxy) is 1. The molecule has 1 aliphatic heterocycles. The van der Waals surface area contributed by atoms with Gasteiger partial charge >= 0.3 is 0 Å². The maximum Gasteiger partial charge on any atom is 0.237 e. The van der Waals surface area contributed by atoms with E-state index in [0.717, 1.165) is 12.8 Å². The average Bonchev–Trinajstić information content (AvgIpc) is 2.86. The van der Waals surface area contributed by atoms with Gasteiger partial charge in [-0.3, -0.25) is 9.00 Å². The number of anilines is 2. The third-order valence-corrected chi connectivity index (χ3v) is 4.61. The van der Waals surface area contributed by atoms with E-state index >= 15 is 0 Å². The van der Waals surface area contributed by atoms with Gasteiger partial charge in [-0.15, -0.1) is 0 Å². The Morgan fingerprint density at radius 1 is 1.55 bits per heavy atom. The van der Waals surface area contributed by atoms with Gasteiger partial charge in [0.2, 0.25) is 5.91 Å². The zero-order valence-electron chi connectivity index (χ0n) is 10.9. The lowest BCUT2D eigenvalue weighted by Crippen LogP contribution is -2.25. The number of nitrogen functional groups attached to an aromatic ring is 1. The fraction of sp³-hybridized carbons (Fsp3) is 0.462. The molecule has 2 unspecified atom stereocenters. The highest BCUT2D eigenvalue weighted by molar-refractivity contribution is 7.85. The number of carbonyl (C=O) groups is 1. The summed E-state index contributed by atoms with van der Waals surface area (Å²) in [6.07, 6.45) is 1.92. The molecule has 1 aliphatic rings. The van der Waals surface area contributed by atoms with E-state index < -0.39 is 10.8 Å². The van der Waals surface area contributed by atoms with Gasteiger partial charge in [-0.1, -0.05) is 11.6 Å². The molecule has 20 heavy (non-hydrogen) atoms. The van der Waals surface area contributed by atoms with E-state index in [2.05, 4.69) is 5.32 Å². The topological polar surface area (TPSA) is 81.4 Å². The molecule has 1 amide bonds. The maximum atomic E-state index is 11.9. The van der Waals surface area contributed by atoms with E-state index in [0.29, 0.717) is 28.8 Å². The molecule has 0 radical (unpaired) electrons. The number of carbonyl (C=O) groups excluding carboxylic acids is 1. The minimum Gasteiger partial charge on any atom is -0.399 e. The van der Waals surface area contributed by atoms with Crippen LogP contribution in [-0.4, -0.2) is 34.3 Å². The third-order valence-electron chi connectivity index (χ3n) is 2.95. The van der Waals surface area contributed by atoms with Gasteiger partial charge in [0.25, 0.3) is 0 Å². The van der Waals surface area contributed by atoms with Gasteiger partial charge in [0.15, 0.2) is 0 Å². The maximum absolute atomic E-state index is 11.9. The first-order chi connectivity index (χ1) is 9.54. The first-order valence-corrected chi connectivity index (χ1v) is 8.22. The van der Waals surface area contributed by atoms with Crippen LogP contribution in [0.1, 0.15) is 12.8 Å². The molecule has 0 bridgehead atoms. The van der Waals surface area contributed by atoms with Crippen molar-refractivity contribution >= 4 is 39.7 Å². The Labute approximate surface area is 125 Å². The number of halogens is 1. The number of amides is 1. The summed E-state index contributed by atoms with van der Waals surface area (Å²) < 4.78 is 17.3. The Kier molecular flexibility index (Phi) is 5.39. The molecule has 1 saturated heterocycles. The van der Waals surface area contributed by atoms with Crippen LogP contribution in [0.2, 0.25) is 5.02 Å². The summed E-state index contributed by atoms with van der Waals surface area (Å²) in [5.74, 6) is -0.00267. The first kappa shape index (κ1) is 15.3. The molecule has 2 rings (SSSR count). The smallest absolute Gasteiger partial charge is 0.237 e. The lowest BCUT2D eigenvalue weighted by molar-refractivity contribution is -0.113. The molecule has 1 heterocycles. The fourth-order valence-corrected chi connectivity index (χ4v) is 3.34. The monoisotopic (exact) mass is 316 g/mol. The molecule has 5 nitrogen and oxygen atoms in total. The molecule has 0 spiro atoms. The van der Waals surface area contributed by atoms with Crippen molar-refractivity contribution in [3.8, 4) is 0 Å². The Balaban J connectivity index is 1.85. The highest BCUT2D eigenvalue weighted by Crippen LogP contribution is 2.24. The quantitative estimate of drug-likeness (QED) is 0.811. The van der Waals surface area contributed by atoms with Gasteiger partial charge in [0, 0.05) is 23.1 Å². The summed E-state index contributed by atoms with van der Waals surface area (Å²) in [5, 5.41) is 3.02. The van der Waals surface area contributed by atoms with Crippen LogP contribution in [0.15, 0.2) is 18.2 Å². The predicted octanol–water partition coefficient (Wildman–Crippen LogP) is 1.79. The third kappa shape index (κ3) is 4.47. The fourth-order valence-electron chi connectivity index (χ4n) is 2.01. The van der Waals surface area contributed by atoms with Crippen molar-refractivity contribution in [2.24, 2.45) is 0 Å². The molecule has 1 aromatic rings. The van der Waals surface area contributed by atoms with Crippen LogP contribution in [0.4, 0.5) is 11.4 Å². The molecule has 110 valence electrons. The highest BCUT2D eigenvalue weighted by Gasteiger charge is 2.20. The molecular weight excluding hydrogens is 300 g/mol. The van der Waals surface area contributed by atoms with Gasteiger partial charge in [-0.2, -0.15) is 0 Å². The number of nitrogens with one attached hydrogen (secondary N) is 1. The van der Waals surface area contributed by atoms with E-state index in [-0.39, 0.29) is 17.8 Å². The summed E-state index contributed by atoms with van der Waals surface area (Å²) in [7, 11) is -1.24. The Bertz CT molecular complexity index is 518. The molecular formula is C13H17ClN2O3S. The Morgan fingerprint density at radius 3 is 3.05 bits per heavy atom. The van der Waals surface area contributed by atoms with Gasteiger partial charge in [-0.25, -0.2) is 0 Å². The molecule has 2 atom stereocenters. The zero-order chi connectivity index (χ0) is 14.5. The average molecular weight is 317 g/mol. The van der Waals surface area contributed by atoms with E-state index in [1.165, 1.54) is 0 Å². The molecule has 0 aliphatic carbocycles. The molecule has 1 fully saturated rings. The van der Waals surface area contributed by atoms with Gasteiger partial charge in [-0.05, 0) is 31.0 Å². The van der Waals surface area contributed by atoms with Crippen molar-refractivity contribution in [3.63, 3.8) is 0 Å². The Hall–Kier alpha value is -1.11. The number of benzene rings is 1. The van der Waals surface area contributed by atoms with E-state index in [4.69, 9.17) is 22.1 Å². The minimum atomic E-state index is -1.24. The zero-order valence-corrected chi connectivity index (χ0v) is 12.5. The van der Waals surface area contributed by atoms with Crippen molar-refractivity contribution in [2.45, 2.75) is 18.9 Å². The van der Waals surface area contributed by atoms with Gasteiger partial charge in [0.1, 0.15) is 5.75 Å². The van der Waals surface area contributed by atoms with Crippen molar-refractivity contribution in [1.82, 2.24) is 0 Å². The largest absolute Gasteiger partial charge is 0.399 e. The van der Waals surface area contributed by atoms with E-state index in [9.17, 15) is 9.00 Å². The van der Waals surface area contributed by atoms with Crippen LogP contribution < -0.4 is 11.1 Å². The van der Waals surface area contributed by atoms with Crippen molar-refractivity contribution < 1.29 is 13.7 Å². The van der Waals surface area contributed by atoms with Crippen molar-refractivity contribution in [1.29, 1.82) is 0 Å². The standard InChI is InChI=1S/C13H17ClN2O3S/c14-11-4-3-9(15)6-12(11)16-13(17)8-20(18)7-10-2-1-5-19-10/h3-4,6,10H,1-2,5,7-8,15H2,(H,16,17). The lowest BCUT2D eigenvalue weighted by atomic mass is 10.3. The summed E-state index contributed by atoms with van der Waals surface area (Å²) in [5.41, 5.74) is 6.57. The van der Waals surface area contributed by atoms with Crippen molar-refractivity contribution in [2.75, 3.05) is 29.2 Å². The SMILES string of the molecule is Nc1ccc(Cl)c(NC(=O)CS(=O)CC2CCCO2)c1. The van der Waals surface area contributed by atoms with Crippen LogP contribution in [0.25, 0.3) is 0 Å². The first-order valence-electron chi connectivity index (χ1n) is 6.36. The normalized spacial score (nSPS) is 19.8. The number of nitrogens with two attached hydrogens (primary N) is 1. The summed E-state index contributed by atoms with van der Waals surface area (Å²) >= 11 is 5.95. The summed E-state index contributed by atoms with van der Waals surface area (Å²) in [6.45, 7) is 0.715. The summed E-state index contributed by atoms with van der Waals surface area (Å²) in [4.78, 5) is 11.8. The van der Waals surface area contributed by atoms with Crippen LogP contribution in [0, 0.1) is 0 Å². The predicted molar refractivity (Wildman–Crippen MR) is 81.3 cm³/mol. The molecule has 0 aromatic heterocycles. The summed E-state index contributed by atoms with van der Waals surface area (Å²) in [6, 6.07) is 4.83. The van der Waals surface area contributed by atoms with E-state index in [1.54, 1.807) is 18.2 Å². The van der Waals surface area contributed by atoms with Crippen LogP contribution in [-0.2, 0) is 20.3 Å². The van der Waals surface area contributed by atoms with Gasteiger partial charge in [0.05, 0.1) is 22.6 Å². The highest BCUT2D eigenvalue weighted by atomic mass is 35.5. The number of rotatable bonds is 5. The Morgan fingerprint density at radius 2 is 2.35 bits per heavy atom. The second kappa shape index (κ2) is 7.06. The lowest BCUT2D eigenvalue weighted by Gasteiger charge is -2.10. The van der Waals surface area contributed by atoms with E-state index in [1.807, 2.05) is 0 Å². The number of hydrogen-bond donors (Lipinski definition) is 2. The second-order valence-electron chi connectivity index (χ2n) is 4.67. The van der Waals surface area contributed by atoms with Gasteiger partial charge < -0.3 is 15.8 Å².